The van der Waals surface area contributed by atoms with E-state index in [9.17, 15) is 19.8 Å². The molecular formula is C28H19NO7. The zero-order valence-electron chi connectivity index (χ0n) is 19.0. The zero-order chi connectivity index (χ0) is 25.0. The van der Waals surface area contributed by atoms with E-state index in [0.717, 1.165) is 16.5 Å². The number of fused-ring (bicyclic) bond motifs is 4. The van der Waals surface area contributed by atoms with Gasteiger partial charge in [-0.1, -0.05) is 12.1 Å². The summed E-state index contributed by atoms with van der Waals surface area (Å²) in [7, 11) is 1.43. The Morgan fingerprint density at radius 3 is 2.67 bits per heavy atom. The van der Waals surface area contributed by atoms with Gasteiger partial charge in [-0.2, -0.15) is 0 Å². The van der Waals surface area contributed by atoms with Crippen molar-refractivity contribution < 1.29 is 28.9 Å². The molecule has 2 aromatic heterocycles. The lowest BCUT2D eigenvalue weighted by atomic mass is 9.84. The Morgan fingerprint density at radius 1 is 1.00 bits per heavy atom. The number of phenolic OH excluding ortho intramolecular Hbond substituents is 2. The third-order valence-corrected chi connectivity index (χ3v) is 6.42. The highest BCUT2D eigenvalue weighted by atomic mass is 16.5. The average Bonchev–Trinajstić information content (AvgIpc) is 2.87. The van der Waals surface area contributed by atoms with Crippen molar-refractivity contribution >= 4 is 27.8 Å². The van der Waals surface area contributed by atoms with Crippen molar-refractivity contribution in [3.63, 3.8) is 0 Å². The molecule has 3 heterocycles. The number of aromatic nitrogens is 1. The normalized spacial score (nSPS) is 15.0. The van der Waals surface area contributed by atoms with Crippen LogP contribution in [0.3, 0.4) is 0 Å². The van der Waals surface area contributed by atoms with Crippen LogP contribution in [0.5, 0.6) is 23.0 Å². The molecule has 0 saturated carbocycles. The van der Waals surface area contributed by atoms with Gasteiger partial charge in [0.15, 0.2) is 16.9 Å². The van der Waals surface area contributed by atoms with E-state index in [0.29, 0.717) is 11.1 Å². The first-order chi connectivity index (χ1) is 17.4. The number of carbonyl (C=O) groups excluding carboxylic acids is 1. The Kier molecular flexibility index (Phi) is 4.89. The first kappa shape index (κ1) is 21.7. The Hall–Kier alpha value is -4.85. The number of phenols is 2. The maximum Gasteiger partial charge on any atom is 0.312 e. The highest BCUT2D eigenvalue weighted by Gasteiger charge is 2.33. The van der Waals surface area contributed by atoms with E-state index in [1.807, 2.05) is 30.3 Å². The standard InChI is InChI=1S/C28H19NO7/c1-34-22-7-5-16(10-19(22)30)23-12-20(31)27-21(32)13-24-26(28(27)36-23)17(11-25(33)35-24)14-4-6-18-15(9-14)3-2-8-29-18/h2-10,12-13,17,30,32H,11H2,1H3. The zero-order valence-corrected chi connectivity index (χ0v) is 19.0. The molecule has 1 unspecified atom stereocenters. The van der Waals surface area contributed by atoms with Crippen LogP contribution in [0, 0.1) is 0 Å². The van der Waals surface area contributed by atoms with E-state index in [4.69, 9.17) is 13.9 Å². The minimum Gasteiger partial charge on any atom is -0.507 e. The Morgan fingerprint density at radius 2 is 1.86 bits per heavy atom. The average molecular weight is 481 g/mol. The number of methoxy groups -OCH3 is 1. The summed E-state index contributed by atoms with van der Waals surface area (Å²) in [6, 6.07) is 16.6. The number of rotatable bonds is 3. The van der Waals surface area contributed by atoms with Crippen molar-refractivity contribution in [3.8, 4) is 34.3 Å². The number of aromatic hydroxyl groups is 2. The van der Waals surface area contributed by atoms with Gasteiger partial charge in [-0.05, 0) is 42.0 Å². The van der Waals surface area contributed by atoms with Crippen molar-refractivity contribution in [1.82, 2.24) is 4.98 Å². The highest BCUT2D eigenvalue weighted by Crippen LogP contribution is 2.46. The second-order valence-corrected chi connectivity index (χ2v) is 8.56. The lowest BCUT2D eigenvalue weighted by Gasteiger charge is -2.26. The lowest BCUT2D eigenvalue weighted by molar-refractivity contribution is -0.135. The van der Waals surface area contributed by atoms with E-state index in [1.54, 1.807) is 18.3 Å². The number of carbonyl (C=O) groups is 1. The summed E-state index contributed by atoms with van der Waals surface area (Å²) in [5.41, 5.74) is 2.19. The molecule has 1 aliphatic rings. The molecule has 0 saturated heterocycles. The lowest BCUT2D eigenvalue weighted by Crippen LogP contribution is -2.22. The first-order valence-electron chi connectivity index (χ1n) is 11.2. The number of benzene rings is 3. The molecule has 178 valence electrons. The Labute approximate surface area is 204 Å². The quantitative estimate of drug-likeness (QED) is 0.277. The van der Waals surface area contributed by atoms with Crippen LogP contribution >= 0.6 is 0 Å². The SMILES string of the molecule is COc1ccc(-c2cc(=O)c3c(O)cc4c(c3o2)C(c2ccc3ncccc3c2)CC(=O)O4)cc1O. The molecule has 8 nitrogen and oxygen atoms in total. The van der Waals surface area contributed by atoms with Gasteiger partial charge in [0.05, 0.1) is 19.0 Å². The van der Waals surface area contributed by atoms with Gasteiger partial charge in [-0.25, -0.2) is 0 Å². The molecule has 0 aliphatic carbocycles. The van der Waals surface area contributed by atoms with Gasteiger partial charge >= 0.3 is 5.97 Å². The van der Waals surface area contributed by atoms with Crippen LogP contribution in [-0.2, 0) is 4.79 Å². The maximum absolute atomic E-state index is 13.1. The van der Waals surface area contributed by atoms with E-state index >= 15 is 0 Å². The summed E-state index contributed by atoms with van der Waals surface area (Å²) in [4.78, 5) is 30.0. The van der Waals surface area contributed by atoms with Crippen LogP contribution in [0.1, 0.15) is 23.5 Å². The molecule has 0 bridgehead atoms. The molecule has 1 aliphatic heterocycles. The van der Waals surface area contributed by atoms with E-state index in [2.05, 4.69) is 4.98 Å². The van der Waals surface area contributed by atoms with Crippen molar-refractivity contribution in [2.24, 2.45) is 0 Å². The van der Waals surface area contributed by atoms with Crippen molar-refractivity contribution in [2.45, 2.75) is 12.3 Å². The molecular weight excluding hydrogens is 462 g/mol. The smallest absolute Gasteiger partial charge is 0.312 e. The second-order valence-electron chi connectivity index (χ2n) is 8.56. The number of nitrogens with zero attached hydrogens (tertiary/aromatic N) is 1. The predicted octanol–water partition coefficient (Wildman–Crippen LogP) is 4.87. The van der Waals surface area contributed by atoms with E-state index in [1.165, 1.54) is 25.3 Å². The Bertz CT molecular complexity index is 1760. The molecule has 1 atom stereocenters. The van der Waals surface area contributed by atoms with Gasteiger partial charge in [-0.15, -0.1) is 0 Å². The van der Waals surface area contributed by atoms with Gasteiger partial charge in [-0.3, -0.25) is 14.6 Å². The van der Waals surface area contributed by atoms with Crippen LogP contribution < -0.4 is 14.9 Å². The molecule has 2 N–H and O–H groups in total. The van der Waals surface area contributed by atoms with E-state index < -0.39 is 17.3 Å². The van der Waals surface area contributed by atoms with Crippen LogP contribution in [0.15, 0.2) is 76.1 Å². The van der Waals surface area contributed by atoms with Gasteiger partial charge in [0.1, 0.15) is 28.2 Å². The van der Waals surface area contributed by atoms with Gasteiger partial charge in [0.25, 0.3) is 0 Å². The summed E-state index contributed by atoms with van der Waals surface area (Å²) in [5.74, 6) is -0.838. The molecule has 0 amide bonds. The molecule has 8 heteroatoms. The fraction of sp³-hybridized carbons (Fsp3) is 0.107. The summed E-state index contributed by atoms with van der Waals surface area (Å²) in [5, 5.41) is 21.8. The van der Waals surface area contributed by atoms with Gasteiger partial charge in [0, 0.05) is 40.8 Å². The van der Waals surface area contributed by atoms with Crippen molar-refractivity contribution in [2.75, 3.05) is 7.11 Å². The minimum atomic E-state index is -0.489. The Balaban J connectivity index is 1.61. The van der Waals surface area contributed by atoms with Crippen molar-refractivity contribution in [3.05, 3.63) is 88.2 Å². The largest absolute Gasteiger partial charge is 0.507 e. The number of hydrogen-bond donors (Lipinski definition) is 2. The monoisotopic (exact) mass is 481 g/mol. The van der Waals surface area contributed by atoms with Gasteiger partial charge < -0.3 is 24.1 Å². The van der Waals surface area contributed by atoms with Crippen LogP contribution in [0.25, 0.3) is 33.2 Å². The van der Waals surface area contributed by atoms with E-state index in [-0.39, 0.29) is 46.1 Å². The third kappa shape index (κ3) is 3.42. The summed E-state index contributed by atoms with van der Waals surface area (Å²) < 4.78 is 16.8. The van der Waals surface area contributed by atoms with Gasteiger partial charge in [0.2, 0.25) is 0 Å². The maximum atomic E-state index is 13.1. The molecule has 0 radical (unpaired) electrons. The fourth-order valence-electron chi connectivity index (χ4n) is 4.74. The highest BCUT2D eigenvalue weighted by molar-refractivity contribution is 5.93. The first-order valence-corrected chi connectivity index (χ1v) is 11.2. The molecule has 5 aromatic rings. The summed E-state index contributed by atoms with van der Waals surface area (Å²) >= 11 is 0. The second kappa shape index (κ2) is 8.13. The number of esters is 1. The topological polar surface area (TPSA) is 119 Å². The molecule has 36 heavy (non-hydrogen) atoms. The summed E-state index contributed by atoms with van der Waals surface area (Å²) in [6.07, 6.45) is 1.73. The molecule has 0 fully saturated rings. The minimum absolute atomic E-state index is 0.0133. The van der Waals surface area contributed by atoms with Crippen LogP contribution in [-0.4, -0.2) is 28.3 Å². The molecule has 0 spiro atoms. The van der Waals surface area contributed by atoms with Crippen molar-refractivity contribution in [1.29, 1.82) is 0 Å². The van der Waals surface area contributed by atoms with Crippen LogP contribution in [0.2, 0.25) is 0 Å². The third-order valence-electron chi connectivity index (χ3n) is 6.42. The predicted molar refractivity (Wildman–Crippen MR) is 132 cm³/mol. The summed E-state index contributed by atoms with van der Waals surface area (Å²) in [6.45, 7) is 0. The van der Waals surface area contributed by atoms with Crippen LogP contribution in [0.4, 0.5) is 0 Å². The number of ether oxygens (including phenoxy) is 2. The number of hydrogen-bond acceptors (Lipinski definition) is 8. The number of pyridine rings is 1. The molecule has 6 rings (SSSR count). The fourth-order valence-corrected chi connectivity index (χ4v) is 4.74. The molecule has 3 aromatic carbocycles.